The molecule has 3 rings (SSSR count). The fraction of sp³-hybridized carbons (Fsp3) is 0.318. The Hall–Kier alpha value is -1.71. The van der Waals surface area contributed by atoms with Crippen molar-refractivity contribution in [2.24, 2.45) is 0 Å². The summed E-state index contributed by atoms with van der Waals surface area (Å²) in [6, 6.07) is 23.6. The van der Waals surface area contributed by atoms with Crippen molar-refractivity contribution >= 4 is 24.2 Å². The largest absolute Gasteiger partial charge is 0.268 e. The second kappa shape index (κ2) is 11.1. The van der Waals surface area contributed by atoms with E-state index in [1.165, 1.54) is 21.8 Å². The van der Waals surface area contributed by atoms with Gasteiger partial charge in [0.2, 0.25) is 0 Å². The van der Waals surface area contributed by atoms with Crippen LogP contribution in [0.1, 0.15) is 36.7 Å². The van der Waals surface area contributed by atoms with Crippen molar-refractivity contribution in [1.82, 2.24) is 9.78 Å². The third kappa shape index (κ3) is 6.22. The van der Waals surface area contributed by atoms with Crippen LogP contribution in [0, 0.1) is 0 Å². The van der Waals surface area contributed by atoms with Gasteiger partial charge in [-0.3, -0.25) is 4.68 Å². The highest BCUT2D eigenvalue weighted by molar-refractivity contribution is 7.98. The minimum Gasteiger partial charge on any atom is -0.268 e. The van der Waals surface area contributed by atoms with Crippen LogP contribution in [0.3, 0.4) is 0 Å². The van der Waals surface area contributed by atoms with Gasteiger partial charge in [0.25, 0.3) is 0 Å². The summed E-state index contributed by atoms with van der Waals surface area (Å²) >= 11 is 1.89. The van der Waals surface area contributed by atoms with Crippen LogP contribution in [0.25, 0.3) is 0 Å². The Kier molecular flexibility index (Phi) is 8.79. The van der Waals surface area contributed by atoms with Crippen molar-refractivity contribution in [3.63, 3.8) is 0 Å². The van der Waals surface area contributed by atoms with Crippen LogP contribution >= 0.6 is 24.2 Å². The minimum absolute atomic E-state index is 0. The molecule has 0 atom stereocenters. The van der Waals surface area contributed by atoms with Gasteiger partial charge in [-0.1, -0.05) is 61.9 Å². The van der Waals surface area contributed by atoms with E-state index in [1.807, 2.05) is 11.8 Å². The first-order chi connectivity index (χ1) is 12.3. The number of nitrogens with zero attached hydrogens (tertiary/aromatic N) is 2. The monoisotopic (exact) mass is 386 g/mol. The first-order valence-electron chi connectivity index (χ1n) is 9.12. The van der Waals surface area contributed by atoms with E-state index in [-0.39, 0.29) is 12.4 Å². The lowest BCUT2D eigenvalue weighted by atomic mass is 10.1. The van der Waals surface area contributed by atoms with Gasteiger partial charge in [-0.25, -0.2) is 0 Å². The molecule has 0 aliphatic heterocycles. The molecule has 3 aromatic rings. The van der Waals surface area contributed by atoms with E-state index in [0.29, 0.717) is 0 Å². The van der Waals surface area contributed by atoms with Crippen LogP contribution in [0.4, 0.5) is 0 Å². The lowest BCUT2D eigenvalue weighted by Gasteiger charge is -2.08. The van der Waals surface area contributed by atoms with Crippen LogP contribution in [0.15, 0.2) is 71.6 Å². The van der Waals surface area contributed by atoms with Gasteiger partial charge in [-0.05, 0) is 43.0 Å². The SMILES string of the molecule is CCCc1cc(CSc2ccccc2)n(CCCc2ccccc2)n1.Cl. The molecular formula is C22H27ClN2S. The lowest BCUT2D eigenvalue weighted by molar-refractivity contribution is 0.557. The minimum atomic E-state index is 0. The molecule has 2 nitrogen and oxygen atoms in total. The molecule has 0 bridgehead atoms. The Labute approximate surface area is 167 Å². The fourth-order valence-electron chi connectivity index (χ4n) is 2.95. The third-order valence-electron chi connectivity index (χ3n) is 4.23. The van der Waals surface area contributed by atoms with Gasteiger partial charge < -0.3 is 0 Å². The van der Waals surface area contributed by atoms with Crippen molar-refractivity contribution in [1.29, 1.82) is 0 Å². The Balaban J connectivity index is 0.00000243. The standard InChI is InChI=1S/C22H26N2S.ClH/c1-2-10-20-17-21(18-25-22-14-7-4-8-15-22)24(23-20)16-9-13-19-11-5-3-6-12-19;/h3-8,11-12,14-15,17H,2,9-10,13,16,18H2,1H3;1H. The van der Waals surface area contributed by atoms with E-state index in [9.17, 15) is 0 Å². The van der Waals surface area contributed by atoms with Crippen molar-refractivity contribution in [3.8, 4) is 0 Å². The van der Waals surface area contributed by atoms with E-state index >= 15 is 0 Å². The summed E-state index contributed by atoms with van der Waals surface area (Å²) in [5.74, 6) is 0.978. The maximum Gasteiger partial charge on any atom is 0.0627 e. The van der Waals surface area contributed by atoms with Gasteiger partial charge in [0.05, 0.1) is 5.69 Å². The summed E-state index contributed by atoms with van der Waals surface area (Å²) in [4.78, 5) is 1.32. The first-order valence-corrected chi connectivity index (χ1v) is 10.1. The average Bonchev–Trinajstić information content (AvgIpc) is 3.04. The van der Waals surface area contributed by atoms with Crippen LogP contribution < -0.4 is 0 Å². The summed E-state index contributed by atoms with van der Waals surface area (Å²) in [5.41, 5.74) is 3.97. The van der Waals surface area contributed by atoms with Gasteiger partial charge in [-0.15, -0.1) is 24.2 Å². The number of hydrogen-bond acceptors (Lipinski definition) is 2. The quantitative estimate of drug-likeness (QED) is 0.408. The summed E-state index contributed by atoms with van der Waals surface area (Å²) in [6.07, 6.45) is 4.44. The summed E-state index contributed by atoms with van der Waals surface area (Å²) in [5, 5.41) is 4.85. The van der Waals surface area contributed by atoms with Gasteiger partial charge in [0, 0.05) is 22.9 Å². The highest BCUT2D eigenvalue weighted by Crippen LogP contribution is 2.23. The van der Waals surface area contributed by atoms with Gasteiger partial charge >= 0.3 is 0 Å². The maximum atomic E-state index is 4.85. The van der Waals surface area contributed by atoms with Crippen molar-refractivity contribution in [3.05, 3.63) is 83.7 Å². The summed E-state index contributed by atoms with van der Waals surface area (Å²) in [7, 11) is 0. The zero-order valence-electron chi connectivity index (χ0n) is 15.3. The number of aryl methyl sites for hydroxylation is 3. The van der Waals surface area contributed by atoms with Gasteiger partial charge in [0.1, 0.15) is 0 Å². The Bertz CT molecular complexity index is 756. The van der Waals surface area contributed by atoms with Crippen molar-refractivity contribution in [2.75, 3.05) is 0 Å². The number of halogens is 1. The van der Waals surface area contributed by atoms with Crippen LogP contribution in [-0.4, -0.2) is 9.78 Å². The summed E-state index contributed by atoms with van der Waals surface area (Å²) < 4.78 is 2.23. The molecule has 0 saturated heterocycles. The van der Waals surface area contributed by atoms with E-state index in [2.05, 4.69) is 78.3 Å². The zero-order valence-corrected chi connectivity index (χ0v) is 16.9. The smallest absolute Gasteiger partial charge is 0.0627 e. The molecule has 0 fully saturated rings. The molecule has 2 aromatic carbocycles. The number of hydrogen-bond donors (Lipinski definition) is 0. The molecule has 4 heteroatoms. The number of rotatable bonds is 9. The lowest BCUT2D eigenvalue weighted by Crippen LogP contribution is -2.06. The molecule has 0 saturated carbocycles. The van der Waals surface area contributed by atoms with E-state index in [1.54, 1.807) is 0 Å². The van der Waals surface area contributed by atoms with Crippen LogP contribution in [0.5, 0.6) is 0 Å². The fourth-order valence-corrected chi connectivity index (χ4v) is 3.85. The van der Waals surface area contributed by atoms with E-state index in [4.69, 9.17) is 5.10 Å². The average molecular weight is 387 g/mol. The van der Waals surface area contributed by atoms with E-state index < -0.39 is 0 Å². The van der Waals surface area contributed by atoms with E-state index in [0.717, 1.165) is 38.0 Å². The number of aromatic nitrogens is 2. The zero-order chi connectivity index (χ0) is 17.3. The highest BCUT2D eigenvalue weighted by Gasteiger charge is 2.08. The third-order valence-corrected chi connectivity index (χ3v) is 5.27. The number of thioether (sulfide) groups is 1. The Morgan fingerprint density at radius 3 is 2.31 bits per heavy atom. The normalized spacial score (nSPS) is 10.5. The molecular weight excluding hydrogens is 360 g/mol. The Morgan fingerprint density at radius 1 is 0.923 bits per heavy atom. The predicted molar refractivity (Wildman–Crippen MR) is 114 cm³/mol. The molecule has 1 heterocycles. The van der Waals surface area contributed by atoms with Crippen molar-refractivity contribution in [2.45, 2.75) is 49.8 Å². The second-order valence-electron chi connectivity index (χ2n) is 6.29. The first kappa shape index (κ1) is 20.6. The van der Waals surface area contributed by atoms with Gasteiger partial charge in [0.15, 0.2) is 0 Å². The molecule has 0 aliphatic rings. The molecule has 0 radical (unpaired) electrons. The molecule has 0 aliphatic carbocycles. The van der Waals surface area contributed by atoms with Crippen molar-refractivity contribution < 1.29 is 0 Å². The molecule has 1 aromatic heterocycles. The van der Waals surface area contributed by atoms with Gasteiger partial charge in [-0.2, -0.15) is 5.10 Å². The van der Waals surface area contributed by atoms with Crippen LogP contribution in [-0.2, 0) is 25.1 Å². The maximum absolute atomic E-state index is 4.85. The molecule has 0 unspecified atom stereocenters. The predicted octanol–water partition coefficient (Wildman–Crippen LogP) is 6.18. The molecule has 0 amide bonds. The topological polar surface area (TPSA) is 17.8 Å². The molecule has 0 spiro atoms. The highest BCUT2D eigenvalue weighted by atomic mass is 35.5. The molecule has 0 N–H and O–H groups in total. The number of benzene rings is 2. The van der Waals surface area contributed by atoms with Crippen LogP contribution in [0.2, 0.25) is 0 Å². The Morgan fingerprint density at radius 2 is 1.62 bits per heavy atom. The summed E-state index contributed by atoms with van der Waals surface area (Å²) in [6.45, 7) is 3.20. The second-order valence-corrected chi connectivity index (χ2v) is 7.34. The molecule has 26 heavy (non-hydrogen) atoms. The molecule has 138 valence electrons.